The molecule has 0 unspecified atom stereocenters. The number of ketones is 1. The first-order chi connectivity index (χ1) is 15.4. The van der Waals surface area contributed by atoms with Crippen molar-refractivity contribution < 1.29 is 19.4 Å². The quantitative estimate of drug-likeness (QED) is 0.309. The minimum Gasteiger partial charge on any atom is -0.507 e. The molecule has 1 aliphatic heterocycles. The zero-order chi connectivity index (χ0) is 23.3. The molecule has 2 aromatic rings. The highest BCUT2D eigenvalue weighted by molar-refractivity contribution is 9.10. The molecule has 0 bridgehead atoms. The number of ether oxygens (including phenoxy) is 1. The molecule has 6 nitrogen and oxygen atoms in total. The van der Waals surface area contributed by atoms with E-state index in [1.54, 1.807) is 36.3 Å². The molecule has 1 saturated heterocycles. The second-order valence-corrected chi connectivity index (χ2v) is 8.57. The summed E-state index contributed by atoms with van der Waals surface area (Å²) in [4.78, 5) is 30.0. The van der Waals surface area contributed by atoms with Crippen LogP contribution < -0.4 is 4.74 Å². The number of hydrogen-bond donors (Lipinski definition) is 1. The second kappa shape index (κ2) is 10.8. The Hall–Kier alpha value is -2.64. The van der Waals surface area contributed by atoms with Crippen molar-refractivity contribution in [3.63, 3.8) is 0 Å². The Morgan fingerprint density at radius 3 is 2.41 bits per heavy atom. The molecule has 0 aromatic heterocycles. The van der Waals surface area contributed by atoms with Crippen molar-refractivity contribution in [2.75, 3.05) is 33.3 Å². The third-order valence-corrected chi connectivity index (χ3v) is 6.33. The van der Waals surface area contributed by atoms with Crippen LogP contribution in [0.2, 0.25) is 0 Å². The SMILES string of the molecule is CCN(CC)CCCN1C(=O)C(=O)C(=C(O)c2ccc(OC)cc2)[C@@H]1c1cccc(Br)c1. The van der Waals surface area contributed by atoms with Crippen LogP contribution in [0, 0.1) is 0 Å². The molecular weight excluding hydrogens is 472 g/mol. The third-order valence-electron chi connectivity index (χ3n) is 5.84. The van der Waals surface area contributed by atoms with Crippen molar-refractivity contribution in [2.24, 2.45) is 0 Å². The standard InChI is InChI=1S/C25H29BrN2O4/c1-4-27(5-2)14-7-15-28-22(18-8-6-9-19(26)16-18)21(24(30)25(28)31)23(29)17-10-12-20(32-3)13-11-17/h6,8-13,16,22,29H,4-5,7,14-15H2,1-3H3/t22-/m0/s1. The number of likely N-dealkylation sites (tertiary alicyclic amines) is 1. The Balaban J connectivity index is 2.02. The topological polar surface area (TPSA) is 70.1 Å². The molecule has 1 fully saturated rings. The highest BCUT2D eigenvalue weighted by atomic mass is 79.9. The molecule has 0 radical (unpaired) electrons. The van der Waals surface area contributed by atoms with Gasteiger partial charge in [0.05, 0.1) is 18.7 Å². The largest absolute Gasteiger partial charge is 0.507 e. The van der Waals surface area contributed by atoms with Crippen LogP contribution in [-0.4, -0.2) is 59.9 Å². The number of hydrogen-bond acceptors (Lipinski definition) is 5. The van der Waals surface area contributed by atoms with Gasteiger partial charge in [-0.2, -0.15) is 0 Å². The van der Waals surface area contributed by atoms with E-state index in [2.05, 4.69) is 34.7 Å². The predicted octanol–water partition coefficient (Wildman–Crippen LogP) is 4.61. The van der Waals surface area contributed by atoms with Gasteiger partial charge in [-0.25, -0.2) is 0 Å². The number of Topliss-reactive ketones (excluding diaryl/α,β-unsaturated/α-hetero) is 1. The van der Waals surface area contributed by atoms with Gasteiger partial charge in [0, 0.05) is 16.6 Å². The Bertz CT molecular complexity index is 999. The van der Waals surface area contributed by atoms with Gasteiger partial charge in [0.1, 0.15) is 11.5 Å². The van der Waals surface area contributed by atoms with E-state index in [4.69, 9.17) is 4.74 Å². The number of carbonyl (C=O) groups excluding carboxylic acids is 2. The van der Waals surface area contributed by atoms with E-state index in [1.807, 2.05) is 24.3 Å². The Morgan fingerprint density at radius 1 is 1.12 bits per heavy atom. The van der Waals surface area contributed by atoms with E-state index in [0.29, 0.717) is 17.9 Å². The average Bonchev–Trinajstić information content (AvgIpc) is 3.06. The van der Waals surface area contributed by atoms with Gasteiger partial charge in [-0.15, -0.1) is 0 Å². The normalized spacial score (nSPS) is 17.9. The Labute approximate surface area is 197 Å². The van der Waals surface area contributed by atoms with Gasteiger partial charge in [-0.3, -0.25) is 9.59 Å². The molecule has 1 N–H and O–H groups in total. The van der Waals surface area contributed by atoms with Crippen LogP contribution in [0.15, 0.2) is 58.6 Å². The van der Waals surface area contributed by atoms with Gasteiger partial charge in [-0.05, 0) is 68.0 Å². The van der Waals surface area contributed by atoms with Crippen LogP contribution in [0.3, 0.4) is 0 Å². The van der Waals surface area contributed by atoms with Crippen molar-refractivity contribution in [3.05, 3.63) is 69.7 Å². The minimum absolute atomic E-state index is 0.112. The van der Waals surface area contributed by atoms with Crippen LogP contribution in [-0.2, 0) is 9.59 Å². The summed E-state index contributed by atoms with van der Waals surface area (Å²) in [6.45, 7) is 7.33. The second-order valence-electron chi connectivity index (χ2n) is 7.66. The fourth-order valence-corrected chi connectivity index (χ4v) is 4.46. The summed E-state index contributed by atoms with van der Waals surface area (Å²) in [5, 5.41) is 11.1. The number of methoxy groups -OCH3 is 1. The summed E-state index contributed by atoms with van der Waals surface area (Å²) in [6.07, 6.45) is 0.738. The average molecular weight is 501 g/mol. The fraction of sp³-hybridized carbons (Fsp3) is 0.360. The van der Waals surface area contributed by atoms with Crippen LogP contribution in [0.1, 0.15) is 37.4 Å². The van der Waals surface area contributed by atoms with Gasteiger partial charge < -0.3 is 19.6 Å². The van der Waals surface area contributed by atoms with Gasteiger partial charge in [0.15, 0.2) is 0 Å². The number of rotatable bonds is 9. The zero-order valence-electron chi connectivity index (χ0n) is 18.7. The van der Waals surface area contributed by atoms with E-state index in [0.717, 1.165) is 36.1 Å². The zero-order valence-corrected chi connectivity index (χ0v) is 20.3. The van der Waals surface area contributed by atoms with E-state index in [1.165, 1.54) is 0 Å². The highest BCUT2D eigenvalue weighted by Gasteiger charge is 2.45. The lowest BCUT2D eigenvalue weighted by Gasteiger charge is -2.27. The van der Waals surface area contributed by atoms with Gasteiger partial charge >= 0.3 is 0 Å². The number of amides is 1. The third kappa shape index (κ3) is 5.05. The predicted molar refractivity (Wildman–Crippen MR) is 129 cm³/mol. The molecule has 0 spiro atoms. The number of carbonyl (C=O) groups is 2. The molecule has 1 amide bonds. The molecule has 170 valence electrons. The molecule has 3 rings (SSSR count). The number of aliphatic hydroxyl groups excluding tert-OH is 1. The summed E-state index contributed by atoms with van der Waals surface area (Å²) < 4.78 is 6.02. The summed E-state index contributed by atoms with van der Waals surface area (Å²) in [6, 6.07) is 13.6. The first-order valence-corrected chi connectivity index (χ1v) is 11.6. The molecule has 1 atom stereocenters. The Kier molecular flexibility index (Phi) is 8.10. The smallest absolute Gasteiger partial charge is 0.295 e. The van der Waals surface area contributed by atoms with E-state index in [-0.39, 0.29) is 11.3 Å². The monoisotopic (exact) mass is 500 g/mol. The lowest BCUT2D eigenvalue weighted by molar-refractivity contribution is -0.140. The van der Waals surface area contributed by atoms with Crippen molar-refractivity contribution >= 4 is 33.4 Å². The minimum atomic E-state index is -0.661. The summed E-state index contributed by atoms with van der Waals surface area (Å²) in [5.74, 6) is -0.778. The highest BCUT2D eigenvalue weighted by Crippen LogP contribution is 2.40. The van der Waals surface area contributed by atoms with Gasteiger partial charge in [-0.1, -0.05) is 41.9 Å². The maximum atomic E-state index is 13.1. The van der Waals surface area contributed by atoms with Crippen molar-refractivity contribution in [3.8, 4) is 5.75 Å². The number of aliphatic hydroxyl groups is 1. The first kappa shape index (κ1) is 24.0. The van der Waals surface area contributed by atoms with Crippen molar-refractivity contribution in [1.29, 1.82) is 0 Å². The van der Waals surface area contributed by atoms with Crippen molar-refractivity contribution in [1.82, 2.24) is 9.80 Å². The molecule has 0 saturated carbocycles. The lowest BCUT2D eigenvalue weighted by Crippen LogP contribution is -2.33. The number of nitrogens with zero attached hydrogens (tertiary/aromatic N) is 2. The fourth-order valence-electron chi connectivity index (χ4n) is 4.04. The molecule has 0 aliphatic carbocycles. The van der Waals surface area contributed by atoms with E-state index < -0.39 is 17.7 Å². The molecule has 1 aliphatic rings. The maximum Gasteiger partial charge on any atom is 0.295 e. The van der Waals surface area contributed by atoms with Gasteiger partial charge in [0.2, 0.25) is 0 Å². The molecular formula is C25H29BrN2O4. The molecule has 7 heteroatoms. The number of benzene rings is 2. The van der Waals surface area contributed by atoms with Crippen LogP contribution >= 0.6 is 15.9 Å². The molecule has 1 heterocycles. The van der Waals surface area contributed by atoms with Crippen LogP contribution in [0.25, 0.3) is 5.76 Å². The Morgan fingerprint density at radius 2 is 1.81 bits per heavy atom. The molecule has 32 heavy (non-hydrogen) atoms. The summed E-state index contributed by atoms with van der Waals surface area (Å²) >= 11 is 3.48. The van der Waals surface area contributed by atoms with Crippen molar-refractivity contribution in [2.45, 2.75) is 26.3 Å². The maximum absolute atomic E-state index is 13.1. The summed E-state index contributed by atoms with van der Waals surface area (Å²) in [7, 11) is 1.56. The van der Waals surface area contributed by atoms with Crippen LogP contribution in [0.5, 0.6) is 5.75 Å². The summed E-state index contributed by atoms with van der Waals surface area (Å²) in [5.41, 5.74) is 1.35. The molecule has 2 aromatic carbocycles. The lowest BCUT2D eigenvalue weighted by atomic mass is 9.95. The van der Waals surface area contributed by atoms with E-state index >= 15 is 0 Å². The first-order valence-electron chi connectivity index (χ1n) is 10.8. The number of halogens is 1. The van der Waals surface area contributed by atoms with E-state index in [9.17, 15) is 14.7 Å². The van der Waals surface area contributed by atoms with Crippen LogP contribution in [0.4, 0.5) is 0 Å². The van der Waals surface area contributed by atoms with Gasteiger partial charge in [0.25, 0.3) is 11.7 Å².